The summed E-state index contributed by atoms with van der Waals surface area (Å²) < 4.78 is 0. The van der Waals surface area contributed by atoms with E-state index >= 15 is 0 Å². The van der Waals surface area contributed by atoms with Crippen LogP contribution in [0.1, 0.15) is 31.2 Å². The third kappa shape index (κ3) is 4.36. The Morgan fingerprint density at radius 1 is 1.25 bits per heavy atom. The van der Waals surface area contributed by atoms with Crippen molar-refractivity contribution in [2.75, 3.05) is 13.1 Å². The van der Waals surface area contributed by atoms with Gasteiger partial charge in [-0.15, -0.1) is 0 Å². The summed E-state index contributed by atoms with van der Waals surface area (Å²) in [6.45, 7) is 2.30. The lowest BCUT2D eigenvalue weighted by Gasteiger charge is -2.27. The van der Waals surface area contributed by atoms with Gasteiger partial charge >= 0.3 is 0 Å². The van der Waals surface area contributed by atoms with Gasteiger partial charge in [-0.2, -0.15) is 5.26 Å². The third-order valence-electron chi connectivity index (χ3n) is 3.64. The number of piperidine rings is 1. The van der Waals surface area contributed by atoms with Crippen molar-refractivity contribution in [2.45, 2.75) is 38.3 Å². The van der Waals surface area contributed by atoms with E-state index in [1.165, 1.54) is 6.42 Å². The van der Waals surface area contributed by atoms with Gasteiger partial charge < -0.3 is 4.90 Å². The van der Waals surface area contributed by atoms with E-state index in [0.717, 1.165) is 31.5 Å². The maximum Gasteiger partial charge on any atom is 0.225 e. The molecule has 0 saturated carbocycles. The van der Waals surface area contributed by atoms with Gasteiger partial charge in [-0.1, -0.05) is 30.3 Å². The van der Waals surface area contributed by atoms with Crippen molar-refractivity contribution < 1.29 is 4.79 Å². The minimum absolute atomic E-state index is 0.0943. The van der Waals surface area contributed by atoms with Crippen molar-refractivity contribution in [1.82, 2.24) is 10.2 Å². The van der Waals surface area contributed by atoms with E-state index in [9.17, 15) is 4.79 Å². The van der Waals surface area contributed by atoms with Crippen LogP contribution in [0.5, 0.6) is 0 Å². The first-order valence-corrected chi connectivity index (χ1v) is 7.24. The minimum Gasteiger partial charge on any atom is -0.343 e. The molecule has 4 heteroatoms. The summed E-state index contributed by atoms with van der Waals surface area (Å²) in [5.74, 6) is 0.0943. The van der Waals surface area contributed by atoms with E-state index in [2.05, 4.69) is 11.4 Å². The number of hydrogen-bond acceptors (Lipinski definition) is 3. The lowest BCUT2D eigenvalue weighted by Crippen LogP contribution is -2.40. The first-order valence-electron chi connectivity index (χ1n) is 7.24. The van der Waals surface area contributed by atoms with E-state index in [4.69, 9.17) is 5.26 Å². The molecule has 1 aromatic rings. The average molecular weight is 271 g/mol. The number of carbonyl (C=O) groups is 1. The molecule has 1 aliphatic rings. The Hall–Kier alpha value is -1.86. The number of amides is 1. The predicted molar refractivity (Wildman–Crippen MR) is 77.7 cm³/mol. The zero-order valence-corrected chi connectivity index (χ0v) is 11.7. The minimum atomic E-state index is -0.412. The van der Waals surface area contributed by atoms with Crippen LogP contribution in [-0.4, -0.2) is 29.9 Å². The summed E-state index contributed by atoms with van der Waals surface area (Å²) in [4.78, 5) is 14.0. The van der Waals surface area contributed by atoms with Crippen LogP contribution < -0.4 is 5.32 Å². The fraction of sp³-hybridized carbons (Fsp3) is 0.500. The first kappa shape index (κ1) is 14.5. The van der Waals surface area contributed by atoms with Crippen LogP contribution in [0.25, 0.3) is 0 Å². The van der Waals surface area contributed by atoms with Gasteiger partial charge in [0.25, 0.3) is 0 Å². The van der Waals surface area contributed by atoms with Gasteiger partial charge in [0.15, 0.2) is 0 Å². The van der Waals surface area contributed by atoms with Gasteiger partial charge in [-0.05, 0) is 24.8 Å². The fourth-order valence-corrected chi connectivity index (χ4v) is 2.45. The lowest BCUT2D eigenvalue weighted by atomic mass is 10.1. The summed E-state index contributed by atoms with van der Waals surface area (Å²) in [7, 11) is 0. The molecule has 0 bridgehead atoms. The summed E-state index contributed by atoms with van der Waals surface area (Å²) >= 11 is 0. The molecule has 0 radical (unpaired) electrons. The number of rotatable bonds is 5. The standard InChI is InChI=1S/C16H21N3O/c17-12-15(18-13-14-7-3-1-4-8-14)11-16(20)19-9-5-2-6-10-19/h1,3-4,7-8,15,18H,2,5-6,9-11,13H2. The molecule has 2 rings (SSSR count). The Labute approximate surface area is 120 Å². The first-order chi connectivity index (χ1) is 9.79. The quantitative estimate of drug-likeness (QED) is 0.892. The second-order valence-corrected chi connectivity index (χ2v) is 5.19. The Morgan fingerprint density at radius 3 is 2.60 bits per heavy atom. The molecule has 106 valence electrons. The van der Waals surface area contributed by atoms with Gasteiger partial charge in [0.1, 0.15) is 6.04 Å². The lowest BCUT2D eigenvalue weighted by molar-refractivity contribution is -0.132. The Morgan fingerprint density at radius 2 is 1.95 bits per heavy atom. The predicted octanol–water partition coefficient (Wildman–Crippen LogP) is 2.07. The van der Waals surface area contributed by atoms with Gasteiger partial charge in [0.05, 0.1) is 12.5 Å². The normalized spacial score (nSPS) is 16.4. The second-order valence-electron chi connectivity index (χ2n) is 5.19. The van der Waals surface area contributed by atoms with E-state index in [1.807, 2.05) is 35.2 Å². The van der Waals surface area contributed by atoms with E-state index in [-0.39, 0.29) is 12.3 Å². The zero-order valence-electron chi connectivity index (χ0n) is 11.7. The number of nitrogens with zero attached hydrogens (tertiary/aromatic N) is 2. The fourth-order valence-electron chi connectivity index (χ4n) is 2.45. The molecule has 1 saturated heterocycles. The SMILES string of the molecule is N#CC(CC(=O)N1CCCCC1)NCc1ccccc1. The highest BCUT2D eigenvalue weighted by Crippen LogP contribution is 2.11. The molecule has 1 N–H and O–H groups in total. The van der Waals surface area contributed by atoms with Crippen LogP contribution >= 0.6 is 0 Å². The molecule has 1 atom stereocenters. The van der Waals surface area contributed by atoms with Crippen LogP contribution in [0.15, 0.2) is 30.3 Å². The number of benzene rings is 1. The van der Waals surface area contributed by atoms with Crippen molar-refractivity contribution in [3.05, 3.63) is 35.9 Å². The number of nitrogens with one attached hydrogen (secondary N) is 1. The van der Waals surface area contributed by atoms with E-state index in [1.54, 1.807) is 0 Å². The Kier molecular flexibility index (Phi) is 5.57. The molecule has 0 spiro atoms. The summed E-state index contributed by atoms with van der Waals surface area (Å²) in [6, 6.07) is 11.7. The maximum atomic E-state index is 12.1. The highest BCUT2D eigenvalue weighted by atomic mass is 16.2. The molecular formula is C16H21N3O. The number of nitriles is 1. The van der Waals surface area contributed by atoms with Crippen molar-refractivity contribution in [3.8, 4) is 6.07 Å². The third-order valence-corrected chi connectivity index (χ3v) is 3.64. The number of hydrogen-bond donors (Lipinski definition) is 1. The van der Waals surface area contributed by atoms with E-state index in [0.29, 0.717) is 6.54 Å². The number of carbonyl (C=O) groups excluding carboxylic acids is 1. The monoisotopic (exact) mass is 271 g/mol. The average Bonchev–Trinajstić information content (AvgIpc) is 2.53. The van der Waals surface area contributed by atoms with Crippen molar-refractivity contribution in [2.24, 2.45) is 0 Å². The van der Waals surface area contributed by atoms with Crippen LogP contribution in [0.4, 0.5) is 0 Å². The molecule has 1 heterocycles. The zero-order chi connectivity index (χ0) is 14.2. The molecule has 0 aliphatic carbocycles. The molecule has 1 aliphatic heterocycles. The summed E-state index contributed by atoms with van der Waals surface area (Å²) in [6.07, 6.45) is 3.64. The van der Waals surface area contributed by atoms with Gasteiger partial charge in [0, 0.05) is 19.6 Å². The molecule has 1 unspecified atom stereocenters. The van der Waals surface area contributed by atoms with Crippen molar-refractivity contribution in [1.29, 1.82) is 5.26 Å². The second kappa shape index (κ2) is 7.66. The molecule has 20 heavy (non-hydrogen) atoms. The molecular weight excluding hydrogens is 250 g/mol. The Bertz CT molecular complexity index is 460. The van der Waals surface area contributed by atoms with Crippen LogP contribution in [0, 0.1) is 11.3 Å². The van der Waals surface area contributed by atoms with Crippen LogP contribution in [0.3, 0.4) is 0 Å². The molecule has 1 aromatic carbocycles. The summed E-state index contributed by atoms with van der Waals surface area (Å²) in [5.41, 5.74) is 1.12. The highest BCUT2D eigenvalue weighted by Gasteiger charge is 2.20. The topological polar surface area (TPSA) is 56.1 Å². The van der Waals surface area contributed by atoms with Crippen LogP contribution in [0.2, 0.25) is 0 Å². The smallest absolute Gasteiger partial charge is 0.225 e. The van der Waals surface area contributed by atoms with E-state index < -0.39 is 6.04 Å². The molecule has 1 amide bonds. The number of likely N-dealkylation sites (tertiary alicyclic amines) is 1. The Balaban J connectivity index is 1.80. The van der Waals surface area contributed by atoms with Gasteiger partial charge in [0.2, 0.25) is 5.91 Å². The summed E-state index contributed by atoms with van der Waals surface area (Å²) in [5, 5.41) is 12.3. The van der Waals surface area contributed by atoms with Crippen molar-refractivity contribution in [3.63, 3.8) is 0 Å². The molecule has 0 aromatic heterocycles. The molecule has 4 nitrogen and oxygen atoms in total. The van der Waals surface area contributed by atoms with Gasteiger partial charge in [-0.3, -0.25) is 10.1 Å². The van der Waals surface area contributed by atoms with Crippen LogP contribution in [-0.2, 0) is 11.3 Å². The van der Waals surface area contributed by atoms with Gasteiger partial charge in [-0.25, -0.2) is 0 Å². The van der Waals surface area contributed by atoms with Crippen molar-refractivity contribution >= 4 is 5.91 Å². The molecule has 1 fully saturated rings. The maximum absolute atomic E-state index is 12.1. The largest absolute Gasteiger partial charge is 0.343 e. The highest BCUT2D eigenvalue weighted by molar-refractivity contribution is 5.77.